The minimum Gasteiger partial charge on any atom is -0.370 e. The van der Waals surface area contributed by atoms with Gasteiger partial charge in [-0.2, -0.15) is 0 Å². The van der Waals surface area contributed by atoms with E-state index in [9.17, 15) is 8.42 Å². The number of guanidine groups is 1. The highest BCUT2D eigenvalue weighted by Gasteiger charge is 2.11. The molecule has 6 nitrogen and oxygen atoms in total. The van der Waals surface area contributed by atoms with E-state index in [2.05, 4.69) is 35.8 Å². The summed E-state index contributed by atoms with van der Waals surface area (Å²) in [5.41, 5.74) is 6.84. The molecular weight excluding hydrogens is 336 g/mol. The Morgan fingerprint density at radius 1 is 1.16 bits per heavy atom. The summed E-state index contributed by atoms with van der Waals surface area (Å²) in [5, 5.41) is 3.20. The van der Waals surface area contributed by atoms with Crippen molar-refractivity contribution in [3.8, 4) is 0 Å². The lowest BCUT2D eigenvalue weighted by Gasteiger charge is -2.15. The molecule has 0 radical (unpaired) electrons. The van der Waals surface area contributed by atoms with Crippen molar-refractivity contribution in [2.24, 2.45) is 16.6 Å². The van der Waals surface area contributed by atoms with E-state index in [1.165, 1.54) is 12.8 Å². The first-order valence-electron chi connectivity index (χ1n) is 8.89. The van der Waals surface area contributed by atoms with Gasteiger partial charge in [-0.1, -0.05) is 45.7 Å². The summed E-state index contributed by atoms with van der Waals surface area (Å²) in [4.78, 5) is 4.58. The van der Waals surface area contributed by atoms with Crippen molar-refractivity contribution in [1.29, 1.82) is 0 Å². The highest BCUT2D eigenvalue weighted by atomic mass is 32.2. The van der Waals surface area contributed by atoms with Gasteiger partial charge in [-0.15, -0.1) is 0 Å². The van der Waals surface area contributed by atoms with Crippen LogP contribution in [0.3, 0.4) is 0 Å². The molecular formula is C18H32N4O2S. The molecule has 7 heteroatoms. The van der Waals surface area contributed by atoms with E-state index in [-0.39, 0.29) is 10.9 Å². The molecule has 0 bridgehead atoms. The van der Waals surface area contributed by atoms with Gasteiger partial charge in [0.05, 0.1) is 11.4 Å². The van der Waals surface area contributed by atoms with Gasteiger partial charge >= 0.3 is 0 Å². The third-order valence-corrected chi connectivity index (χ3v) is 5.37. The fourth-order valence-electron chi connectivity index (χ4n) is 2.43. The van der Waals surface area contributed by atoms with Crippen LogP contribution in [0.5, 0.6) is 0 Å². The molecule has 1 rings (SSSR count). The number of aliphatic imine (C=N–C) groups is 1. The molecule has 0 fully saturated rings. The molecule has 0 heterocycles. The minimum atomic E-state index is -3.41. The standard InChI is InChI=1S/C18H32N4O2S/c1-5-21-25(23,24)17-11-9-16(10-12-17)13-20-18(19)22-15(4)8-6-7-14(2)3/h9-12,14-15,21H,5-8,13H2,1-4H3,(H3,19,20,22). The zero-order valence-corrected chi connectivity index (χ0v) is 16.6. The predicted molar refractivity (Wildman–Crippen MR) is 104 cm³/mol. The zero-order chi connectivity index (χ0) is 18.9. The third-order valence-electron chi connectivity index (χ3n) is 3.81. The van der Waals surface area contributed by atoms with E-state index >= 15 is 0 Å². The molecule has 0 saturated heterocycles. The van der Waals surface area contributed by atoms with Crippen LogP contribution < -0.4 is 15.8 Å². The van der Waals surface area contributed by atoms with Crippen molar-refractivity contribution in [3.63, 3.8) is 0 Å². The number of rotatable bonds is 10. The van der Waals surface area contributed by atoms with Crippen molar-refractivity contribution in [2.45, 2.75) is 64.4 Å². The van der Waals surface area contributed by atoms with E-state index in [0.717, 1.165) is 17.9 Å². The summed E-state index contributed by atoms with van der Waals surface area (Å²) < 4.78 is 26.2. The predicted octanol–water partition coefficient (Wildman–Crippen LogP) is 2.60. The summed E-state index contributed by atoms with van der Waals surface area (Å²) in [7, 11) is -3.41. The number of nitrogens with zero attached hydrogens (tertiary/aromatic N) is 1. The van der Waals surface area contributed by atoms with E-state index in [1.807, 2.05) is 0 Å². The van der Waals surface area contributed by atoms with E-state index in [1.54, 1.807) is 31.2 Å². The largest absolute Gasteiger partial charge is 0.370 e. The van der Waals surface area contributed by atoms with Crippen LogP contribution in [0.15, 0.2) is 34.2 Å². The average Bonchev–Trinajstić information content (AvgIpc) is 2.53. The maximum Gasteiger partial charge on any atom is 0.240 e. The Bertz CT molecular complexity index is 640. The first-order valence-corrected chi connectivity index (χ1v) is 10.4. The lowest BCUT2D eigenvalue weighted by molar-refractivity contribution is 0.493. The van der Waals surface area contributed by atoms with Crippen molar-refractivity contribution in [2.75, 3.05) is 6.54 Å². The Balaban J connectivity index is 2.51. The van der Waals surface area contributed by atoms with Crippen molar-refractivity contribution < 1.29 is 8.42 Å². The number of benzene rings is 1. The van der Waals surface area contributed by atoms with Gasteiger partial charge in [-0.05, 0) is 37.0 Å². The van der Waals surface area contributed by atoms with Crippen LogP contribution in [0.2, 0.25) is 0 Å². The summed E-state index contributed by atoms with van der Waals surface area (Å²) in [6, 6.07) is 6.97. The van der Waals surface area contributed by atoms with Crippen LogP contribution >= 0.6 is 0 Å². The monoisotopic (exact) mass is 368 g/mol. The number of hydrogen-bond acceptors (Lipinski definition) is 3. The lowest BCUT2D eigenvalue weighted by atomic mass is 10.0. The van der Waals surface area contributed by atoms with Gasteiger partial charge in [0, 0.05) is 12.6 Å². The fraction of sp³-hybridized carbons (Fsp3) is 0.611. The molecule has 1 aromatic carbocycles. The van der Waals surface area contributed by atoms with Crippen molar-refractivity contribution >= 4 is 16.0 Å². The molecule has 25 heavy (non-hydrogen) atoms. The maximum absolute atomic E-state index is 11.9. The van der Waals surface area contributed by atoms with E-state index < -0.39 is 10.0 Å². The molecule has 0 saturated carbocycles. The smallest absolute Gasteiger partial charge is 0.240 e. The van der Waals surface area contributed by atoms with Gasteiger partial charge in [0.2, 0.25) is 10.0 Å². The Labute approximate surface area is 152 Å². The Hall–Kier alpha value is -1.60. The van der Waals surface area contributed by atoms with Gasteiger partial charge < -0.3 is 11.1 Å². The number of nitrogens with one attached hydrogen (secondary N) is 2. The quantitative estimate of drug-likeness (QED) is 0.437. The minimum absolute atomic E-state index is 0.256. The molecule has 0 aliphatic carbocycles. The van der Waals surface area contributed by atoms with Crippen LogP contribution in [-0.4, -0.2) is 27.0 Å². The number of nitrogens with two attached hydrogens (primary N) is 1. The first kappa shape index (κ1) is 21.4. The second-order valence-electron chi connectivity index (χ2n) is 6.72. The van der Waals surface area contributed by atoms with E-state index in [4.69, 9.17) is 5.73 Å². The molecule has 4 N–H and O–H groups in total. The summed E-state index contributed by atoms with van der Waals surface area (Å²) in [5.74, 6) is 1.14. The molecule has 0 aliphatic rings. The van der Waals surface area contributed by atoms with Crippen LogP contribution in [-0.2, 0) is 16.6 Å². The summed E-state index contributed by atoms with van der Waals surface area (Å²) >= 11 is 0. The highest BCUT2D eigenvalue weighted by molar-refractivity contribution is 7.89. The van der Waals surface area contributed by atoms with Crippen LogP contribution in [0.1, 0.15) is 52.5 Å². The second-order valence-corrected chi connectivity index (χ2v) is 8.48. The fourth-order valence-corrected chi connectivity index (χ4v) is 3.47. The van der Waals surface area contributed by atoms with Crippen LogP contribution in [0, 0.1) is 5.92 Å². The SMILES string of the molecule is CCNS(=O)(=O)c1ccc(CN=C(N)NC(C)CCCC(C)C)cc1. The Morgan fingerprint density at radius 3 is 2.36 bits per heavy atom. The van der Waals surface area contributed by atoms with Gasteiger partial charge in [-0.25, -0.2) is 18.1 Å². The summed E-state index contributed by atoms with van der Waals surface area (Å²) in [6.45, 7) is 9.08. The van der Waals surface area contributed by atoms with Crippen LogP contribution in [0.4, 0.5) is 0 Å². The van der Waals surface area contributed by atoms with Crippen molar-refractivity contribution in [3.05, 3.63) is 29.8 Å². The normalized spacial score (nSPS) is 13.9. The van der Waals surface area contributed by atoms with E-state index in [0.29, 0.717) is 19.0 Å². The molecule has 0 spiro atoms. The summed E-state index contributed by atoms with van der Waals surface area (Å²) in [6.07, 6.45) is 3.44. The molecule has 1 unspecified atom stereocenters. The van der Waals surface area contributed by atoms with Gasteiger partial charge in [-0.3, -0.25) is 0 Å². The van der Waals surface area contributed by atoms with Gasteiger partial charge in [0.1, 0.15) is 0 Å². The average molecular weight is 369 g/mol. The molecule has 1 aromatic rings. The lowest BCUT2D eigenvalue weighted by Crippen LogP contribution is -2.38. The van der Waals surface area contributed by atoms with Gasteiger partial charge in [0.25, 0.3) is 0 Å². The maximum atomic E-state index is 11.9. The second kappa shape index (κ2) is 10.4. The Morgan fingerprint density at radius 2 is 1.80 bits per heavy atom. The van der Waals surface area contributed by atoms with Gasteiger partial charge in [0.15, 0.2) is 5.96 Å². The molecule has 0 aliphatic heterocycles. The number of sulfonamides is 1. The molecule has 0 aromatic heterocycles. The topological polar surface area (TPSA) is 96.6 Å². The molecule has 0 amide bonds. The van der Waals surface area contributed by atoms with Crippen LogP contribution in [0.25, 0.3) is 0 Å². The highest BCUT2D eigenvalue weighted by Crippen LogP contribution is 2.11. The number of hydrogen-bond donors (Lipinski definition) is 3. The first-order chi connectivity index (χ1) is 11.7. The molecule has 142 valence electrons. The Kier molecular flexibility index (Phi) is 8.92. The zero-order valence-electron chi connectivity index (χ0n) is 15.7. The molecule has 1 atom stereocenters. The third kappa shape index (κ3) is 8.36. The van der Waals surface area contributed by atoms with Crippen molar-refractivity contribution in [1.82, 2.24) is 10.0 Å².